The average molecular weight is 285 g/mol. The van der Waals surface area contributed by atoms with Crippen LogP contribution in [-0.4, -0.2) is 9.97 Å². The molecule has 3 N–H and O–H groups in total. The van der Waals surface area contributed by atoms with Crippen LogP contribution in [0.4, 0.5) is 14.5 Å². The smallest absolute Gasteiger partial charge is 0.182 e. The number of hydrogen-bond acceptors (Lipinski definition) is 4. The van der Waals surface area contributed by atoms with Gasteiger partial charge in [-0.15, -0.1) is 11.3 Å². The molecule has 0 amide bonds. The fourth-order valence-electron chi connectivity index (χ4n) is 1.39. The lowest BCUT2D eigenvalue weighted by molar-refractivity contribution is 0.509. The molecular formula is C11H9F2N3S2. The molecule has 0 radical (unpaired) electrons. The van der Waals surface area contributed by atoms with Crippen molar-refractivity contribution in [2.24, 2.45) is 5.73 Å². The predicted molar refractivity (Wildman–Crippen MR) is 71.7 cm³/mol. The van der Waals surface area contributed by atoms with Crippen LogP contribution in [0.25, 0.3) is 0 Å². The van der Waals surface area contributed by atoms with E-state index in [4.69, 9.17) is 5.73 Å². The summed E-state index contributed by atoms with van der Waals surface area (Å²) >= 11 is 6.05. The van der Waals surface area contributed by atoms with Crippen LogP contribution in [0.1, 0.15) is 10.6 Å². The number of benzene rings is 1. The largest absolute Gasteiger partial charge is 0.389 e. The minimum atomic E-state index is -1.04. The van der Waals surface area contributed by atoms with Crippen LogP contribution in [0.5, 0.6) is 0 Å². The van der Waals surface area contributed by atoms with Gasteiger partial charge < -0.3 is 11.1 Å². The second kappa shape index (κ2) is 5.36. The van der Waals surface area contributed by atoms with Gasteiger partial charge >= 0.3 is 0 Å². The standard InChI is InChI=1S/C11H9F2N3S2/c12-9-6(11(14)17)1-2-7(10(9)13)16-5-8-15-3-4-18-8/h1-4,16H,5H2,(H2,14,17). The highest BCUT2D eigenvalue weighted by Gasteiger charge is 2.14. The summed E-state index contributed by atoms with van der Waals surface area (Å²) in [6, 6.07) is 2.76. The van der Waals surface area contributed by atoms with Crippen molar-refractivity contribution in [3.05, 3.63) is 45.9 Å². The summed E-state index contributed by atoms with van der Waals surface area (Å²) in [5.41, 5.74) is 5.24. The van der Waals surface area contributed by atoms with Gasteiger partial charge in [0.05, 0.1) is 12.2 Å². The van der Waals surface area contributed by atoms with Crippen molar-refractivity contribution in [1.82, 2.24) is 4.98 Å². The summed E-state index contributed by atoms with van der Waals surface area (Å²) in [4.78, 5) is 3.86. The lowest BCUT2D eigenvalue weighted by Crippen LogP contribution is -2.13. The molecular weight excluding hydrogens is 276 g/mol. The van der Waals surface area contributed by atoms with Crippen LogP contribution >= 0.6 is 23.6 Å². The molecule has 0 saturated heterocycles. The molecule has 0 bridgehead atoms. The monoisotopic (exact) mass is 285 g/mol. The number of thiocarbonyl (C=S) groups is 1. The Balaban J connectivity index is 2.19. The molecule has 94 valence electrons. The number of rotatable bonds is 4. The molecule has 0 saturated carbocycles. The lowest BCUT2D eigenvalue weighted by atomic mass is 10.2. The average Bonchev–Trinajstić information content (AvgIpc) is 2.83. The zero-order chi connectivity index (χ0) is 13.1. The first-order chi connectivity index (χ1) is 8.59. The van der Waals surface area contributed by atoms with Crippen molar-refractivity contribution >= 4 is 34.2 Å². The molecule has 0 spiro atoms. The third kappa shape index (κ3) is 2.62. The second-order valence-corrected chi connectivity index (χ2v) is 4.85. The Hall–Kier alpha value is -1.60. The van der Waals surface area contributed by atoms with Crippen LogP contribution in [0, 0.1) is 11.6 Å². The number of halogens is 2. The number of aromatic nitrogens is 1. The Morgan fingerprint density at radius 2 is 2.17 bits per heavy atom. The van der Waals surface area contributed by atoms with Crippen LogP contribution in [-0.2, 0) is 6.54 Å². The van der Waals surface area contributed by atoms with E-state index in [1.54, 1.807) is 6.20 Å². The molecule has 1 aromatic heterocycles. The normalized spacial score (nSPS) is 10.3. The highest BCUT2D eigenvalue weighted by atomic mass is 32.1. The second-order valence-electron chi connectivity index (χ2n) is 3.43. The van der Waals surface area contributed by atoms with E-state index in [1.165, 1.54) is 23.5 Å². The molecule has 1 aromatic carbocycles. The van der Waals surface area contributed by atoms with Crippen molar-refractivity contribution < 1.29 is 8.78 Å². The maximum Gasteiger partial charge on any atom is 0.182 e. The maximum absolute atomic E-state index is 13.7. The van der Waals surface area contributed by atoms with Gasteiger partial charge in [0.15, 0.2) is 11.6 Å². The van der Waals surface area contributed by atoms with Crippen molar-refractivity contribution in [2.75, 3.05) is 5.32 Å². The summed E-state index contributed by atoms with van der Waals surface area (Å²) in [7, 11) is 0. The first-order valence-corrected chi connectivity index (χ1v) is 6.28. The highest BCUT2D eigenvalue weighted by molar-refractivity contribution is 7.80. The minimum absolute atomic E-state index is 0.0581. The van der Waals surface area contributed by atoms with Gasteiger partial charge in [-0.2, -0.15) is 0 Å². The van der Waals surface area contributed by atoms with Crippen molar-refractivity contribution in [2.45, 2.75) is 6.54 Å². The topological polar surface area (TPSA) is 50.9 Å². The number of nitrogens with two attached hydrogens (primary N) is 1. The minimum Gasteiger partial charge on any atom is -0.389 e. The SMILES string of the molecule is NC(=S)c1ccc(NCc2nccs2)c(F)c1F. The quantitative estimate of drug-likeness (QED) is 0.848. The van der Waals surface area contributed by atoms with Crippen LogP contribution in [0.15, 0.2) is 23.7 Å². The molecule has 1 heterocycles. The van der Waals surface area contributed by atoms with Crippen molar-refractivity contribution in [3.63, 3.8) is 0 Å². The van der Waals surface area contributed by atoms with Gasteiger partial charge in [0, 0.05) is 17.1 Å². The van der Waals surface area contributed by atoms with E-state index in [2.05, 4.69) is 22.5 Å². The Bertz CT molecular complexity index is 570. The van der Waals surface area contributed by atoms with Crippen LogP contribution in [0.2, 0.25) is 0 Å². The van der Waals surface area contributed by atoms with Gasteiger partial charge in [-0.05, 0) is 12.1 Å². The Kier molecular flexibility index (Phi) is 3.83. The highest BCUT2D eigenvalue weighted by Crippen LogP contribution is 2.21. The van der Waals surface area contributed by atoms with E-state index in [0.29, 0.717) is 6.54 Å². The van der Waals surface area contributed by atoms with E-state index in [0.717, 1.165) is 5.01 Å². The van der Waals surface area contributed by atoms with E-state index < -0.39 is 11.6 Å². The van der Waals surface area contributed by atoms with Crippen LogP contribution in [0.3, 0.4) is 0 Å². The van der Waals surface area contributed by atoms with E-state index in [9.17, 15) is 8.78 Å². The van der Waals surface area contributed by atoms with Gasteiger partial charge in [-0.1, -0.05) is 12.2 Å². The molecule has 2 rings (SSSR count). The zero-order valence-corrected chi connectivity index (χ0v) is 10.7. The molecule has 0 fully saturated rings. The summed E-state index contributed by atoms with van der Waals surface area (Å²) in [6.45, 7) is 0.334. The first-order valence-electron chi connectivity index (χ1n) is 4.99. The summed E-state index contributed by atoms with van der Waals surface area (Å²) < 4.78 is 27.3. The third-order valence-electron chi connectivity index (χ3n) is 2.26. The van der Waals surface area contributed by atoms with E-state index >= 15 is 0 Å². The van der Waals surface area contributed by atoms with Gasteiger partial charge in [-0.25, -0.2) is 13.8 Å². The van der Waals surface area contributed by atoms with E-state index in [-0.39, 0.29) is 16.2 Å². The van der Waals surface area contributed by atoms with E-state index in [1.807, 2.05) is 5.38 Å². The van der Waals surface area contributed by atoms with Crippen LogP contribution < -0.4 is 11.1 Å². The molecule has 0 unspecified atom stereocenters. The van der Waals surface area contributed by atoms with Gasteiger partial charge in [0.1, 0.15) is 10.00 Å². The van der Waals surface area contributed by atoms with Crippen molar-refractivity contribution in [3.8, 4) is 0 Å². The number of hydrogen-bond donors (Lipinski definition) is 2. The van der Waals surface area contributed by atoms with Gasteiger partial charge in [-0.3, -0.25) is 0 Å². The number of nitrogens with one attached hydrogen (secondary N) is 1. The third-order valence-corrected chi connectivity index (χ3v) is 3.26. The number of thiazole rings is 1. The number of anilines is 1. The Labute approximate surface area is 112 Å². The first kappa shape index (κ1) is 12.8. The predicted octanol–water partition coefficient (Wildman–Crippen LogP) is 2.67. The summed E-state index contributed by atoms with van der Waals surface area (Å²) in [6.07, 6.45) is 1.65. The Morgan fingerprint density at radius 1 is 1.39 bits per heavy atom. The molecule has 2 aromatic rings. The fraction of sp³-hybridized carbons (Fsp3) is 0.0909. The Morgan fingerprint density at radius 3 is 2.78 bits per heavy atom. The molecule has 0 aliphatic carbocycles. The fourth-order valence-corrected chi connectivity index (χ4v) is 2.10. The van der Waals surface area contributed by atoms with Gasteiger partial charge in [0.2, 0.25) is 0 Å². The molecule has 7 heteroatoms. The molecule has 0 aliphatic heterocycles. The molecule has 18 heavy (non-hydrogen) atoms. The molecule has 0 atom stereocenters. The van der Waals surface area contributed by atoms with Crippen molar-refractivity contribution in [1.29, 1.82) is 0 Å². The molecule has 0 aliphatic rings. The summed E-state index contributed by atoms with van der Waals surface area (Å²) in [5.74, 6) is -2.02. The zero-order valence-electron chi connectivity index (χ0n) is 9.11. The van der Waals surface area contributed by atoms with Gasteiger partial charge in [0.25, 0.3) is 0 Å². The number of nitrogens with zero attached hydrogens (tertiary/aromatic N) is 1. The lowest BCUT2D eigenvalue weighted by Gasteiger charge is -2.08. The maximum atomic E-state index is 13.7. The molecule has 3 nitrogen and oxygen atoms in total. The summed E-state index contributed by atoms with van der Waals surface area (Å²) in [5, 5.41) is 5.37.